The average molecular weight is 408 g/mol. The van der Waals surface area contributed by atoms with Crippen LogP contribution in [0, 0.1) is 0 Å². The highest BCUT2D eigenvalue weighted by molar-refractivity contribution is 6.29. The number of hydrogen-bond acceptors (Lipinski definition) is 6. The maximum atomic E-state index is 13.6. The molecule has 8 heteroatoms. The van der Waals surface area contributed by atoms with E-state index in [2.05, 4.69) is 4.74 Å². The number of hydrogen-bond donors (Lipinski definition) is 0. The molecule has 2 aromatic rings. The molecule has 2 aromatic carbocycles. The zero-order valence-electron chi connectivity index (χ0n) is 16.6. The fourth-order valence-corrected chi connectivity index (χ4v) is 4.07. The number of rotatable bonds is 5. The van der Waals surface area contributed by atoms with Crippen LogP contribution in [0.3, 0.4) is 0 Å². The lowest BCUT2D eigenvalue weighted by Gasteiger charge is -2.22. The van der Waals surface area contributed by atoms with Gasteiger partial charge in [0, 0.05) is 11.3 Å². The standard InChI is InChI=1S/C22H20N2O6/c1-29-15-8-9-17-16(10-15)22(11-18(25)24(21(22)28)13-19(26)30-2)20(27)23(17)12-14-6-4-3-5-7-14/h3-10H,11-13H2,1-2H3. The lowest BCUT2D eigenvalue weighted by atomic mass is 9.80. The number of esters is 1. The maximum absolute atomic E-state index is 13.6. The van der Waals surface area contributed by atoms with Crippen molar-refractivity contribution >= 4 is 29.4 Å². The van der Waals surface area contributed by atoms with Crippen LogP contribution in [-0.4, -0.2) is 49.4 Å². The summed E-state index contributed by atoms with van der Waals surface area (Å²) < 4.78 is 9.88. The second-order valence-corrected chi connectivity index (χ2v) is 7.20. The van der Waals surface area contributed by atoms with E-state index in [4.69, 9.17) is 4.74 Å². The molecule has 1 unspecified atom stereocenters. The molecule has 2 aliphatic heterocycles. The SMILES string of the molecule is COC(=O)CN1C(=O)CC2(C1=O)C(=O)N(Cc1ccccc1)c1ccc(OC)cc12. The summed E-state index contributed by atoms with van der Waals surface area (Å²) in [6, 6.07) is 14.4. The number of carbonyl (C=O) groups excluding carboxylic acids is 4. The normalized spacial score (nSPS) is 20.1. The van der Waals surface area contributed by atoms with Crippen LogP contribution in [0.25, 0.3) is 0 Å². The molecule has 30 heavy (non-hydrogen) atoms. The zero-order valence-corrected chi connectivity index (χ0v) is 16.6. The molecule has 1 saturated heterocycles. The minimum Gasteiger partial charge on any atom is -0.497 e. The minimum absolute atomic E-state index is 0.249. The van der Waals surface area contributed by atoms with Crippen molar-refractivity contribution < 1.29 is 28.7 Å². The summed E-state index contributed by atoms with van der Waals surface area (Å²) >= 11 is 0. The van der Waals surface area contributed by atoms with E-state index in [-0.39, 0.29) is 13.0 Å². The maximum Gasteiger partial charge on any atom is 0.325 e. The molecule has 0 N–H and O–H groups in total. The van der Waals surface area contributed by atoms with E-state index in [0.29, 0.717) is 17.0 Å². The number of benzene rings is 2. The van der Waals surface area contributed by atoms with Crippen LogP contribution in [0.4, 0.5) is 5.69 Å². The van der Waals surface area contributed by atoms with E-state index in [1.807, 2.05) is 30.3 Å². The summed E-state index contributed by atoms with van der Waals surface area (Å²) in [7, 11) is 2.66. The number of nitrogens with zero attached hydrogens (tertiary/aromatic N) is 2. The van der Waals surface area contributed by atoms with E-state index in [1.165, 1.54) is 19.1 Å². The van der Waals surface area contributed by atoms with Crippen LogP contribution in [0.1, 0.15) is 17.5 Å². The Balaban J connectivity index is 1.81. The molecule has 1 fully saturated rings. The van der Waals surface area contributed by atoms with Crippen LogP contribution in [0.15, 0.2) is 48.5 Å². The molecule has 4 rings (SSSR count). The van der Waals surface area contributed by atoms with Gasteiger partial charge in [0.15, 0.2) is 5.41 Å². The van der Waals surface area contributed by atoms with Crippen molar-refractivity contribution in [1.82, 2.24) is 4.90 Å². The van der Waals surface area contributed by atoms with E-state index in [0.717, 1.165) is 10.5 Å². The fraction of sp³-hybridized carbons (Fsp3) is 0.273. The molecule has 0 radical (unpaired) electrons. The van der Waals surface area contributed by atoms with Gasteiger partial charge < -0.3 is 14.4 Å². The summed E-state index contributed by atoms with van der Waals surface area (Å²) in [5.74, 6) is -2.05. The van der Waals surface area contributed by atoms with Crippen LogP contribution >= 0.6 is 0 Å². The van der Waals surface area contributed by atoms with Gasteiger partial charge in [0.2, 0.25) is 11.8 Å². The van der Waals surface area contributed by atoms with E-state index >= 15 is 0 Å². The Morgan fingerprint density at radius 3 is 2.37 bits per heavy atom. The number of amides is 3. The van der Waals surface area contributed by atoms with Gasteiger partial charge in [0.05, 0.1) is 27.2 Å². The summed E-state index contributed by atoms with van der Waals surface area (Å²) in [6.07, 6.45) is -0.340. The number of ether oxygens (including phenoxy) is 2. The third-order valence-electron chi connectivity index (χ3n) is 5.59. The lowest BCUT2D eigenvalue weighted by Crippen LogP contribution is -2.47. The Morgan fingerprint density at radius 1 is 1.00 bits per heavy atom. The molecular formula is C22H20N2O6. The predicted octanol–water partition coefficient (Wildman–Crippen LogP) is 1.41. The van der Waals surface area contributed by atoms with E-state index in [1.54, 1.807) is 18.2 Å². The summed E-state index contributed by atoms with van der Waals surface area (Å²) in [6.45, 7) is -0.277. The molecule has 1 spiro atoms. The molecule has 0 saturated carbocycles. The van der Waals surface area contributed by atoms with Crippen molar-refractivity contribution in [2.24, 2.45) is 0 Å². The number of likely N-dealkylation sites (tertiary alicyclic amines) is 1. The third-order valence-corrected chi connectivity index (χ3v) is 5.59. The third kappa shape index (κ3) is 2.83. The van der Waals surface area contributed by atoms with Crippen molar-refractivity contribution in [2.75, 3.05) is 25.7 Å². The van der Waals surface area contributed by atoms with Crippen molar-refractivity contribution in [3.05, 3.63) is 59.7 Å². The Bertz CT molecular complexity index is 1050. The van der Waals surface area contributed by atoms with Gasteiger partial charge in [0.25, 0.3) is 5.91 Å². The molecular weight excluding hydrogens is 388 g/mol. The van der Waals surface area contributed by atoms with Gasteiger partial charge in [-0.05, 0) is 23.8 Å². The molecule has 154 valence electrons. The number of carbonyl (C=O) groups is 4. The Labute approximate surface area is 173 Å². The smallest absolute Gasteiger partial charge is 0.325 e. The lowest BCUT2D eigenvalue weighted by molar-refractivity contribution is -0.151. The highest BCUT2D eigenvalue weighted by Crippen LogP contribution is 2.50. The van der Waals surface area contributed by atoms with Gasteiger partial charge >= 0.3 is 5.97 Å². The molecule has 8 nitrogen and oxygen atoms in total. The molecule has 1 atom stereocenters. The molecule has 2 aliphatic rings. The summed E-state index contributed by atoms with van der Waals surface area (Å²) in [5, 5.41) is 0. The van der Waals surface area contributed by atoms with Crippen LogP contribution in [0.2, 0.25) is 0 Å². The van der Waals surface area contributed by atoms with Crippen molar-refractivity contribution in [2.45, 2.75) is 18.4 Å². The zero-order chi connectivity index (χ0) is 21.5. The highest BCUT2D eigenvalue weighted by Gasteiger charge is 2.64. The summed E-state index contributed by atoms with van der Waals surface area (Å²) in [5.41, 5.74) is 0.135. The quantitative estimate of drug-likeness (QED) is 0.422. The molecule has 0 aliphatic carbocycles. The second kappa shape index (κ2) is 7.29. The first-order chi connectivity index (χ1) is 14.4. The topological polar surface area (TPSA) is 93.2 Å². The number of fused-ring (bicyclic) bond motifs is 2. The van der Waals surface area contributed by atoms with Crippen molar-refractivity contribution in [3.63, 3.8) is 0 Å². The van der Waals surface area contributed by atoms with E-state index in [9.17, 15) is 19.2 Å². The van der Waals surface area contributed by atoms with Gasteiger partial charge in [-0.1, -0.05) is 30.3 Å². The Kier molecular flexibility index (Phi) is 4.77. The highest BCUT2D eigenvalue weighted by atomic mass is 16.5. The fourth-order valence-electron chi connectivity index (χ4n) is 4.07. The first kappa shape index (κ1) is 19.6. The molecule has 0 aromatic heterocycles. The van der Waals surface area contributed by atoms with Crippen LogP contribution in [0.5, 0.6) is 5.75 Å². The average Bonchev–Trinajstić information content (AvgIpc) is 3.15. The first-order valence-electron chi connectivity index (χ1n) is 9.38. The molecule has 2 heterocycles. The summed E-state index contributed by atoms with van der Waals surface area (Å²) in [4.78, 5) is 53.7. The second-order valence-electron chi connectivity index (χ2n) is 7.20. The van der Waals surface area contributed by atoms with Crippen molar-refractivity contribution in [1.29, 1.82) is 0 Å². The van der Waals surface area contributed by atoms with Gasteiger partial charge in [-0.15, -0.1) is 0 Å². The Morgan fingerprint density at radius 2 is 1.70 bits per heavy atom. The van der Waals surface area contributed by atoms with Gasteiger partial charge in [-0.3, -0.25) is 24.1 Å². The number of methoxy groups -OCH3 is 2. The Hall–Kier alpha value is -3.68. The molecule has 3 amide bonds. The van der Waals surface area contributed by atoms with Gasteiger partial charge in [0.1, 0.15) is 12.3 Å². The largest absolute Gasteiger partial charge is 0.497 e. The van der Waals surface area contributed by atoms with E-state index < -0.39 is 35.7 Å². The predicted molar refractivity (Wildman–Crippen MR) is 106 cm³/mol. The van der Waals surface area contributed by atoms with Crippen molar-refractivity contribution in [3.8, 4) is 5.75 Å². The molecule has 0 bridgehead atoms. The van der Waals surface area contributed by atoms with Crippen LogP contribution in [-0.2, 0) is 35.9 Å². The van der Waals surface area contributed by atoms with Crippen LogP contribution < -0.4 is 9.64 Å². The van der Waals surface area contributed by atoms with Gasteiger partial charge in [-0.2, -0.15) is 0 Å². The minimum atomic E-state index is -1.70. The monoisotopic (exact) mass is 408 g/mol. The number of imide groups is 1. The number of anilines is 1. The van der Waals surface area contributed by atoms with Gasteiger partial charge in [-0.25, -0.2) is 0 Å². The first-order valence-corrected chi connectivity index (χ1v) is 9.38.